The van der Waals surface area contributed by atoms with Crippen LogP contribution in [0.4, 0.5) is 10.6 Å². The first-order valence-electron chi connectivity index (χ1n) is 15.8. The highest BCUT2D eigenvalue weighted by Crippen LogP contribution is 2.28. The van der Waals surface area contributed by atoms with E-state index in [1.54, 1.807) is 56.7 Å². The Morgan fingerprint density at radius 2 is 1.64 bits per heavy atom. The number of carbonyl (C=O) groups is 4. The first-order valence-corrected chi connectivity index (χ1v) is 16.6. The number of hydrogen-bond acceptors (Lipinski definition) is 7. The van der Waals surface area contributed by atoms with Gasteiger partial charge in [0.15, 0.2) is 5.82 Å². The molecule has 4 aromatic rings. The summed E-state index contributed by atoms with van der Waals surface area (Å²) in [4.78, 5) is 59.9. The molecule has 0 bridgehead atoms. The lowest BCUT2D eigenvalue weighted by Gasteiger charge is -2.29. The van der Waals surface area contributed by atoms with Gasteiger partial charge in [0.25, 0.3) is 0 Å². The molecule has 47 heavy (non-hydrogen) atoms. The van der Waals surface area contributed by atoms with E-state index in [-0.39, 0.29) is 18.1 Å². The van der Waals surface area contributed by atoms with E-state index in [0.29, 0.717) is 13.1 Å². The summed E-state index contributed by atoms with van der Waals surface area (Å²) in [6, 6.07) is 15.7. The first kappa shape index (κ1) is 33.6. The molecule has 2 atom stereocenters. The largest absolute Gasteiger partial charge is 0.444 e. The molecular weight excluding hydrogens is 616 g/mol. The van der Waals surface area contributed by atoms with Crippen molar-refractivity contribution in [1.29, 1.82) is 0 Å². The van der Waals surface area contributed by atoms with Gasteiger partial charge in [0, 0.05) is 30.4 Å². The smallest absolute Gasteiger partial charge is 0.408 e. The number of fused-ring (bicyclic) bond motifs is 1. The quantitative estimate of drug-likeness (QED) is 0.212. The van der Waals surface area contributed by atoms with E-state index in [0.717, 1.165) is 34.1 Å². The van der Waals surface area contributed by atoms with Crippen molar-refractivity contribution in [2.24, 2.45) is 0 Å². The molecule has 1 aliphatic rings. The number of anilines is 1. The van der Waals surface area contributed by atoms with E-state index in [9.17, 15) is 19.2 Å². The second kappa shape index (κ2) is 14.0. The molecule has 3 N–H and O–H groups in total. The molecule has 0 aliphatic carbocycles. The van der Waals surface area contributed by atoms with Crippen molar-refractivity contribution in [3.63, 3.8) is 0 Å². The van der Waals surface area contributed by atoms with Crippen LogP contribution in [0.5, 0.6) is 0 Å². The summed E-state index contributed by atoms with van der Waals surface area (Å²) in [6.07, 6.45) is 4.56. The van der Waals surface area contributed by atoms with Crippen LogP contribution < -0.4 is 16.0 Å². The normalized spacial score (nSPS) is 14.8. The van der Waals surface area contributed by atoms with Crippen LogP contribution in [0, 0.1) is 0 Å². The van der Waals surface area contributed by atoms with Gasteiger partial charge in [-0.25, -0.2) is 9.78 Å². The molecule has 0 spiro atoms. The molecule has 2 aromatic heterocycles. The van der Waals surface area contributed by atoms with E-state index in [1.807, 2.05) is 64.9 Å². The van der Waals surface area contributed by atoms with E-state index < -0.39 is 41.1 Å². The molecule has 5 rings (SSSR count). The predicted molar refractivity (Wildman–Crippen MR) is 182 cm³/mol. The van der Waals surface area contributed by atoms with Crippen LogP contribution in [0.1, 0.15) is 64.6 Å². The maximum Gasteiger partial charge on any atom is 0.408 e. The molecule has 1 saturated heterocycles. The molecule has 11 nitrogen and oxygen atoms in total. The Bertz CT molecular complexity index is 1740. The average Bonchev–Trinajstić information content (AvgIpc) is 3.78. The summed E-state index contributed by atoms with van der Waals surface area (Å²) >= 11 is 1.56. The molecule has 248 valence electrons. The van der Waals surface area contributed by atoms with Gasteiger partial charge in [0.2, 0.25) is 17.7 Å². The minimum absolute atomic E-state index is 0.0295. The summed E-state index contributed by atoms with van der Waals surface area (Å²) in [5.41, 5.74) is -0.428. The Morgan fingerprint density at radius 3 is 2.34 bits per heavy atom. The highest BCUT2D eigenvalue weighted by atomic mass is 32.1. The van der Waals surface area contributed by atoms with Crippen molar-refractivity contribution in [2.75, 3.05) is 18.4 Å². The van der Waals surface area contributed by atoms with Gasteiger partial charge in [-0.3, -0.25) is 14.4 Å². The Morgan fingerprint density at radius 1 is 0.957 bits per heavy atom. The van der Waals surface area contributed by atoms with Gasteiger partial charge in [0.1, 0.15) is 23.2 Å². The van der Waals surface area contributed by atoms with Crippen LogP contribution in [-0.2, 0) is 25.5 Å². The monoisotopic (exact) mass is 658 g/mol. The predicted octanol–water partition coefficient (Wildman–Crippen LogP) is 5.28. The molecule has 1 aliphatic heterocycles. The van der Waals surface area contributed by atoms with Gasteiger partial charge in [-0.05, 0) is 75.4 Å². The van der Waals surface area contributed by atoms with Gasteiger partial charge in [-0.2, -0.15) is 0 Å². The topological polar surface area (TPSA) is 135 Å². The molecule has 12 heteroatoms. The Labute approximate surface area is 278 Å². The Kier molecular flexibility index (Phi) is 9.99. The van der Waals surface area contributed by atoms with Crippen molar-refractivity contribution < 1.29 is 23.9 Å². The summed E-state index contributed by atoms with van der Waals surface area (Å²) in [6.45, 7) is 9.70. The number of thiophene rings is 1. The van der Waals surface area contributed by atoms with Crippen molar-refractivity contribution in [3.8, 4) is 0 Å². The zero-order valence-electron chi connectivity index (χ0n) is 27.4. The maximum absolute atomic E-state index is 13.9. The van der Waals surface area contributed by atoms with Gasteiger partial charge >= 0.3 is 6.09 Å². The fourth-order valence-corrected chi connectivity index (χ4v) is 6.49. The Balaban J connectivity index is 1.38. The summed E-state index contributed by atoms with van der Waals surface area (Å²) in [5, 5.41) is 11.3. The lowest BCUT2D eigenvalue weighted by molar-refractivity contribution is -0.132. The highest BCUT2D eigenvalue weighted by molar-refractivity contribution is 7.17. The lowest BCUT2D eigenvalue weighted by atomic mass is 10.0. The number of nitrogens with zero attached hydrogens (tertiary/aromatic N) is 3. The van der Waals surface area contributed by atoms with Gasteiger partial charge < -0.3 is 30.2 Å². The van der Waals surface area contributed by atoms with Crippen LogP contribution >= 0.6 is 11.3 Å². The van der Waals surface area contributed by atoms with Crippen molar-refractivity contribution >= 4 is 51.1 Å². The second-order valence-electron chi connectivity index (χ2n) is 13.3. The van der Waals surface area contributed by atoms with Crippen LogP contribution in [0.2, 0.25) is 0 Å². The van der Waals surface area contributed by atoms with Gasteiger partial charge in [-0.1, -0.05) is 48.5 Å². The number of amides is 4. The number of imidazole rings is 1. The third-order valence-electron chi connectivity index (χ3n) is 7.91. The van der Waals surface area contributed by atoms with Crippen molar-refractivity contribution in [1.82, 2.24) is 25.1 Å². The SMILES string of the molecule is CC(C)(C)OC(=O)NC(C)(C)C(=O)N[C@H](Cc1csc2ccccc12)C(=O)Nc1cn(C(C(=O)N2CCCC2)c2ccccc2)cn1. The number of aromatic nitrogens is 2. The number of hydrogen-bond donors (Lipinski definition) is 3. The second-order valence-corrected chi connectivity index (χ2v) is 14.2. The number of rotatable bonds is 10. The third kappa shape index (κ3) is 8.37. The molecule has 2 aromatic carbocycles. The minimum atomic E-state index is -1.39. The minimum Gasteiger partial charge on any atom is -0.444 e. The zero-order valence-corrected chi connectivity index (χ0v) is 28.2. The van der Waals surface area contributed by atoms with E-state index in [4.69, 9.17) is 4.74 Å². The summed E-state index contributed by atoms with van der Waals surface area (Å²) < 4.78 is 8.12. The molecule has 0 radical (unpaired) electrons. The average molecular weight is 659 g/mol. The number of carbonyl (C=O) groups excluding carboxylic acids is 4. The number of nitrogens with one attached hydrogen (secondary N) is 3. The fraction of sp³-hybridized carbons (Fsp3) is 0.400. The molecule has 1 unspecified atom stereocenters. The van der Waals surface area contributed by atoms with Crippen LogP contribution in [0.15, 0.2) is 72.5 Å². The number of benzene rings is 2. The Hall–Kier alpha value is -4.71. The van der Waals surface area contributed by atoms with Gasteiger partial charge in [-0.15, -0.1) is 11.3 Å². The molecule has 1 fully saturated rings. The van der Waals surface area contributed by atoms with Crippen molar-refractivity contribution in [3.05, 3.63) is 83.6 Å². The first-order chi connectivity index (χ1) is 22.3. The van der Waals surface area contributed by atoms with Gasteiger partial charge in [0.05, 0.1) is 6.33 Å². The van der Waals surface area contributed by atoms with E-state index >= 15 is 0 Å². The molecule has 0 saturated carbocycles. The summed E-state index contributed by atoms with van der Waals surface area (Å²) in [5.74, 6) is -0.841. The van der Waals surface area contributed by atoms with E-state index in [1.165, 1.54) is 6.33 Å². The number of likely N-dealkylation sites (tertiary alicyclic amines) is 1. The molecule has 3 heterocycles. The van der Waals surface area contributed by atoms with Crippen molar-refractivity contribution in [2.45, 2.75) is 77.1 Å². The molecular formula is C35H42N6O5S. The number of ether oxygens (including phenoxy) is 1. The third-order valence-corrected chi connectivity index (χ3v) is 8.92. The number of alkyl carbamates (subject to hydrolysis) is 1. The van der Waals surface area contributed by atoms with Crippen LogP contribution in [-0.4, -0.2) is 68.5 Å². The van der Waals surface area contributed by atoms with Crippen LogP contribution in [0.25, 0.3) is 10.1 Å². The van der Waals surface area contributed by atoms with Crippen LogP contribution in [0.3, 0.4) is 0 Å². The zero-order chi connectivity index (χ0) is 33.8. The lowest BCUT2D eigenvalue weighted by Crippen LogP contribution is -2.59. The van der Waals surface area contributed by atoms with E-state index in [2.05, 4.69) is 20.9 Å². The fourth-order valence-electron chi connectivity index (χ4n) is 5.52. The summed E-state index contributed by atoms with van der Waals surface area (Å²) in [7, 11) is 0. The standard InChI is InChI=1S/C35H42N6O5S/c1-34(2,3)46-33(45)39-35(4,5)32(44)37-26(19-24-21-47-27-16-10-9-15-25(24)27)30(42)38-28-20-41(22-36-28)29(23-13-7-6-8-14-23)31(43)40-17-11-12-18-40/h6-10,13-16,20-22,26,29H,11-12,17-19H2,1-5H3,(H,37,44)(H,38,42)(H,39,45)/t26-,29?/m1/s1. The maximum atomic E-state index is 13.9. The molecule has 4 amide bonds. The highest BCUT2D eigenvalue weighted by Gasteiger charge is 2.35.